The molecule has 0 aliphatic heterocycles. The van der Waals surface area contributed by atoms with Crippen LogP contribution < -0.4 is 10.1 Å². The lowest BCUT2D eigenvalue weighted by Gasteiger charge is -2.19. The molecule has 6 nitrogen and oxygen atoms in total. The first kappa shape index (κ1) is 24.0. The molecule has 34 heavy (non-hydrogen) atoms. The van der Waals surface area contributed by atoms with E-state index in [1.54, 1.807) is 18.4 Å². The summed E-state index contributed by atoms with van der Waals surface area (Å²) >= 11 is 2.97. The number of para-hydroxylation sites is 3. The van der Waals surface area contributed by atoms with Gasteiger partial charge in [-0.15, -0.1) is 21.5 Å². The van der Waals surface area contributed by atoms with Crippen LogP contribution in [-0.2, 0) is 4.79 Å². The van der Waals surface area contributed by atoms with Crippen molar-refractivity contribution in [2.24, 2.45) is 0 Å². The summed E-state index contributed by atoms with van der Waals surface area (Å²) < 4.78 is 7.58. The molecule has 8 heteroatoms. The summed E-state index contributed by atoms with van der Waals surface area (Å²) in [4.78, 5) is 14.2. The number of aryl methyl sites for hydroxylation is 1. The number of thioether (sulfide) groups is 1. The molecule has 0 saturated carbocycles. The fourth-order valence-electron chi connectivity index (χ4n) is 3.72. The van der Waals surface area contributed by atoms with E-state index in [-0.39, 0.29) is 5.91 Å². The normalized spacial score (nSPS) is 12.1. The highest BCUT2D eigenvalue weighted by molar-refractivity contribution is 8.00. The van der Waals surface area contributed by atoms with Crippen LogP contribution in [0.5, 0.6) is 5.75 Å². The van der Waals surface area contributed by atoms with Crippen molar-refractivity contribution in [2.45, 2.75) is 44.0 Å². The average molecular weight is 493 g/mol. The van der Waals surface area contributed by atoms with Crippen molar-refractivity contribution < 1.29 is 9.53 Å². The molecule has 0 radical (unpaired) electrons. The summed E-state index contributed by atoms with van der Waals surface area (Å²) in [6, 6.07) is 17.9. The van der Waals surface area contributed by atoms with Crippen LogP contribution in [0, 0.1) is 6.92 Å². The van der Waals surface area contributed by atoms with Crippen molar-refractivity contribution >= 4 is 34.7 Å². The molecule has 0 bridgehead atoms. The molecule has 1 N–H and O–H groups in total. The number of ether oxygens (including phenoxy) is 1. The zero-order chi connectivity index (χ0) is 24.2. The number of rotatable bonds is 8. The lowest BCUT2D eigenvalue weighted by atomic mass is 9.98. The van der Waals surface area contributed by atoms with Crippen molar-refractivity contribution in [1.29, 1.82) is 0 Å². The highest BCUT2D eigenvalue weighted by Crippen LogP contribution is 2.36. The predicted molar refractivity (Wildman–Crippen MR) is 140 cm³/mol. The third-order valence-corrected chi connectivity index (χ3v) is 7.44. The molecule has 0 saturated heterocycles. The van der Waals surface area contributed by atoms with E-state index in [9.17, 15) is 4.79 Å². The first-order chi connectivity index (χ1) is 16.4. The second-order valence-electron chi connectivity index (χ2n) is 8.23. The maximum Gasteiger partial charge on any atom is 0.237 e. The number of aromatic nitrogens is 3. The Balaban J connectivity index is 1.67. The van der Waals surface area contributed by atoms with Crippen molar-refractivity contribution in [1.82, 2.24) is 14.8 Å². The minimum absolute atomic E-state index is 0.0755. The number of carbonyl (C=O) groups is 1. The number of methoxy groups -OCH3 is 1. The Kier molecular flexibility index (Phi) is 7.38. The average Bonchev–Trinajstić information content (AvgIpc) is 3.50. The first-order valence-corrected chi connectivity index (χ1v) is 12.9. The molecule has 4 rings (SSSR count). The van der Waals surface area contributed by atoms with Crippen LogP contribution in [0.1, 0.15) is 37.8 Å². The van der Waals surface area contributed by atoms with Crippen LogP contribution in [0.4, 0.5) is 5.69 Å². The van der Waals surface area contributed by atoms with Gasteiger partial charge in [0.15, 0.2) is 11.0 Å². The topological polar surface area (TPSA) is 69.0 Å². The summed E-state index contributed by atoms with van der Waals surface area (Å²) in [5.74, 6) is 1.66. The molecule has 0 aliphatic carbocycles. The highest BCUT2D eigenvalue weighted by atomic mass is 32.2. The van der Waals surface area contributed by atoms with Gasteiger partial charge in [0.1, 0.15) is 5.75 Å². The van der Waals surface area contributed by atoms with Gasteiger partial charge in [-0.1, -0.05) is 62.0 Å². The summed E-state index contributed by atoms with van der Waals surface area (Å²) in [5.41, 5.74) is 3.89. The number of benzene rings is 2. The molecule has 2 aromatic carbocycles. The Morgan fingerprint density at radius 2 is 1.85 bits per heavy atom. The number of amides is 1. The van der Waals surface area contributed by atoms with E-state index in [2.05, 4.69) is 35.4 Å². The predicted octanol–water partition coefficient (Wildman–Crippen LogP) is 6.56. The van der Waals surface area contributed by atoms with Gasteiger partial charge in [-0.05, 0) is 54.5 Å². The smallest absolute Gasteiger partial charge is 0.237 e. The number of hydrogen-bond donors (Lipinski definition) is 1. The fraction of sp³-hybridized carbons (Fsp3) is 0.269. The van der Waals surface area contributed by atoms with E-state index >= 15 is 0 Å². The quantitative estimate of drug-likeness (QED) is 0.282. The zero-order valence-electron chi connectivity index (χ0n) is 19.9. The number of thiophene rings is 1. The van der Waals surface area contributed by atoms with Crippen molar-refractivity contribution in [3.63, 3.8) is 0 Å². The molecule has 0 aliphatic rings. The molecule has 1 unspecified atom stereocenters. The fourth-order valence-corrected chi connectivity index (χ4v) is 5.28. The van der Waals surface area contributed by atoms with E-state index < -0.39 is 5.25 Å². The van der Waals surface area contributed by atoms with Crippen molar-refractivity contribution in [3.8, 4) is 22.1 Å². The van der Waals surface area contributed by atoms with Gasteiger partial charge < -0.3 is 10.1 Å². The summed E-state index contributed by atoms with van der Waals surface area (Å²) in [6.07, 6.45) is 0. The standard InChI is InChI=1S/C26H28N4O2S2/c1-16(2)19-11-8-10-17(3)23(19)27-25(31)18(4)34-26-29-28-24(22-14-9-15-33-22)30(26)20-12-6-7-13-21(20)32-5/h6-16,18H,1-5H3,(H,27,31). The van der Waals surface area contributed by atoms with E-state index in [0.717, 1.165) is 33.2 Å². The van der Waals surface area contributed by atoms with Crippen LogP contribution in [0.3, 0.4) is 0 Å². The lowest BCUT2D eigenvalue weighted by molar-refractivity contribution is -0.115. The molecular weight excluding hydrogens is 464 g/mol. The number of carbonyl (C=O) groups excluding carboxylic acids is 1. The lowest BCUT2D eigenvalue weighted by Crippen LogP contribution is -2.24. The molecule has 2 heterocycles. The molecule has 0 fully saturated rings. The molecule has 0 spiro atoms. The number of nitrogens with zero attached hydrogens (tertiary/aromatic N) is 3. The van der Waals surface area contributed by atoms with Gasteiger partial charge in [0.25, 0.3) is 0 Å². The van der Waals surface area contributed by atoms with Gasteiger partial charge in [0, 0.05) is 5.69 Å². The van der Waals surface area contributed by atoms with Gasteiger partial charge in [0.05, 0.1) is 22.9 Å². The molecular formula is C26H28N4O2S2. The van der Waals surface area contributed by atoms with Crippen LogP contribution in [0.15, 0.2) is 65.1 Å². The van der Waals surface area contributed by atoms with Gasteiger partial charge in [-0.25, -0.2) is 0 Å². The Labute approximate surface area is 208 Å². The minimum atomic E-state index is -0.395. The van der Waals surface area contributed by atoms with E-state index in [1.165, 1.54) is 11.8 Å². The summed E-state index contributed by atoms with van der Waals surface area (Å²) in [7, 11) is 1.64. The zero-order valence-corrected chi connectivity index (χ0v) is 21.5. The third kappa shape index (κ3) is 4.88. The molecule has 1 atom stereocenters. The second-order valence-corrected chi connectivity index (χ2v) is 10.5. The van der Waals surface area contributed by atoms with E-state index in [4.69, 9.17) is 4.74 Å². The monoisotopic (exact) mass is 492 g/mol. The first-order valence-electron chi connectivity index (χ1n) is 11.1. The minimum Gasteiger partial charge on any atom is -0.495 e. The Morgan fingerprint density at radius 1 is 1.06 bits per heavy atom. The van der Waals surface area contributed by atoms with E-state index in [1.807, 2.05) is 72.3 Å². The van der Waals surface area contributed by atoms with Gasteiger partial charge in [-0.2, -0.15) is 0 Å². The third-order valence-electron chi connectivity index (χ3n) is 5.53. The van der Waals surface area contributed by atoms with Crippen LogP contribution in [-0.4, -0.2) is 33.0 Å². The van der Waals surface area contributed by atoms with Crippen LogP contribution in [0.25, 0.3) is 16.4 Å². The van der Waals surface area contributed by atoms with E-state index in [0.29, 0.717) is 16.8 Å². The second kappa shape index (κ2) is 10.4. The van der Waals surface area contributed by atoms with Gasteiger partial charge in [0.2, 0.25) is 5.91 Å². The van der Waals surface area contributed by atoms with Crippen molar-refractivity contribution in [3.05, 3.63) is 71.1 Å². The Bertz CT molecular complexity index is 1280. The Hall–Kier alpha value is -3.10. The molecule has 1 amide bonds. The number of hydrogen-bond acceptors (Lipinski definition) is 6. The largest absolute Gasteiger partial charge is 0.495 e. The van der Waals surface area contributed by atoms with Crippen LogP contribution >= 0.6 is 23.1 Å². The van der Waals surface area contributed by atoms with Gasteiger partial charge >= 0.3 is 0 Å². The summed E-state index contributed by atoms with van der Waals surface area (Å²) in [5, 5.41) is 14.3. The number of nitrogens with one attached hydrogen (secondary N) is 1. The van der Waals surface area contributed by atoms with Crippen molar-refractivity contribution in [2.75, 3.05) is 12.4 Å². The molecule has 4 aromatic rings. The molecule has 176 valence electrons. The highest BCUT2D eigenvalue weighted by Gasteiger charge is 2.24. The number of anilines is 1. The van der Waals surface area contributed by atoms with Gasteiger partial charge in [-0.3, -0.25) is 9.36 Å². The van der Waals surface area contributed by atoms with Crippen LogP contribution in [0.2, 0.25) is 0 Å². The maximum absolute atomic E-state index is 13.2. The maximum atomic E-state index is 13.2. The SMILES string of the molecule is COc1ccccc1-n1c(SC(C)C(=O)Nc2c(C)cccc2C(C)C)nnc1-c1cccs1. The summed E-state index contributed by atoms with van der Waals surface area (Å²) in [6.45, 7) is 8.17. The Morgan fingerprint density at radius 3 is 2.56 bits per heavy atom. The molecule has 2 aromatic heterocycles.